The van der Waals surface area contributed by atoms with Crippen LogP contribution in [-0.2, 0) is 11.3 Å². The number of hydrogen-bond acceptors (Lipinski definition) is 3. The van der Waals surface area contributed by atoms with Gasteiger partial charge in [-0.1, -0.05) is 6.07 Å². The standard InChI is InChI=1S/C10H16N4OS/c1-11-9(15)7-14-10(12-2)13-6-8-4-3-5-16-8/h3-5H,6-7H2,1-2H3,(H,11,15)(H2,12,13,14). The molecule has 0 unspecified atom stereocenters. The Morgan fingerprint density at radius 2 is 2.31 bits per heavy atom. The van der Waals surface area contributed by atoms with Crippen LogP contribution in [0.1, 0.15) is 4.88 Å². The first-order valence-corrected chi connectivity index (χ1v) is 5.81. The van der Waals surface area contributed by atoms with Crippen LogP contribution in [0, 0.1) is 0 Å². The Bertz CT molecular complexity index is 348. The molecule has 88 valence electrons. The number of guanidine groups is 1. The van der Waals surface area contributed by atoms with E-state index in [1.807, 2.05) is 17.5 Å². The van der Waals surface area contributed by atoms with Gasteiger partial charge in [0.1, 0.15) is 0 Å². The lowest BCUT2D eigenvalue weighted by molar-refractivity contribution is -0.119. The second-order valence-corrected chi connectivity index (χ2v) is 4.06. The first kappa shape index (κ1) is 12.5. The highest BCUT2D eigenvalue weighted by atomic mass is 32.1. The van der Waals surface area contributed by atoms with Gasteiger partial charge in [-0.05, 0) is 11.4 Å². The van der Waals surface area contributed by atoms with E-state index in [9.17, 15) is 4.79 Å². The molecule has 0 aliphatic rings. The third-order valence-electron chi connectivity index (χ3n) is 1.93. The number of hydrogen-bond donors (Lipinski definition) is 3. The smallest absolute Gasteiger partial charge is 0.239 e. The number of carbonyl (C=O) groups excluding carboxylic acids is 1. The first-order chi connectivity index (χ1) is 7.76. The van der Waals surface area contributed by atoms with E-state index < -0.39 is 0 Å². The van der Waals surface area contributed by atoms with Crippen molar-refractivity contribution in [2.75, 3.05) is 20.6 Å². The highest BCUT2D eigenvalue weighted by Crippen LogP contribution is 2.06. The van der Waals surface area contributed by atoms with E-state index in [0.29, 0.717) is 12.5 Å². The van der Waals surface area contributed by atoms with Crippen molar-refractivity contribution in [2.45, 2.75) is 6.54 Å². The van der Waals surface area contributed by atoms with E-state index >= 15 is 0 Å². The van der Waals surface area contributed by atoms with E-state index in [1.54, 1.807) is 25.4 Å². The summed E-state index contributed by atoms with van der Waals surface area (Å²) < 4.78 is 0. The molecule has 0 aromatic carbocycles. The van der Waals surface area contributed by atoms with E-state index in [4.69, 9.17) is 0 Å². The first-order valence-electron chi connectivity index (χ1n) is 4.93. The lowest BCUT2D eigenvalue weighted by atomic mass is 10.4. The molecule has 0 radical (unpaired) electrons. The minimum atomic E-state index is -0.0703. The molecular weight excluding hydrogens is 224 g/mol. The number of amides is 1. The minimum absolute atomic E-state index is 0.0703. The van der Waals surface area contributed by atoms with Crippen LogP contribution >= 0.6 is 11.3 Å². The Kier molecular flexibility index (Phi) is 5.35. The van der Waals surface area contributed by atoms with Crippen molar-refractivity contribution in [3.63, 3.8) is 0 Å². The Morgan fingerprint density at radius 3 is 2.88 bits per heavy atom. The monoisotopic (exact) mass is 240 g/mol. The fourth-order valence-corrected chi connectivity index (χ4v) is 1.70. The van der Waals surface area contributed by atoms with Gasteiger partial charge in [-0.15, -0.1) is 11.3 Å². The molecule has 3 N–H and O–H groups in total. The molecule has 0 saturated carbocycles. The second-order valence-electron chi connectivity index (χ2n) is 3.03. The summed E-state index contributed by atoms with van der Waals surface area (Å²) in [6.45, 7) is 0.936. The number of aliphatic imine (C=N–C) groups is 1. The maximum absolute atomic E-state index is 11.0. The molecule has 1 aromatic rings. The van der Waals surface area contributed by atoms with Gasteiger partial charge in [0.15, 0.2) is 5.96 Å². The van der Waals surface area contributed by atoms with Crippen molar-refractivity contribution >= 4 is 23.2 Å². The summed E-state index contributed by atoms with van der Waals surface area (Å²) >= 11 is 1.68. The summed E-state index contributed by atoms with van der Waals surface area (Å²) in [5.74, 6) is 0.552. The van der Waals surface area contributed by atoms with Gasteiger partial charge in [-0.2, -0.15) is 0 Å². The molecule has 0 fully saturated rings. The van der Waals surface area contributed by atoms with Gasteiger partial charge in [-0.3, -0.25) is 9.79 Å². The van der Waals surface area contributed by atoms with Gasteiger partial charge in [0.25, 0.3) is 0 Å². The summed E-state index contributed by atoms with van der Waals surface area (Å²) in [5, 5.41) is 10.6. The van der Waals surface area contributed by atoms with Crippen LogP contribution < -0.4 is 16.0 Å². The molecule has 6 heteroatoms. The highest BCUT2D eigenvalue weighted by molar-refractivity contribution is 7.09. The Morgan fingerprint density at radius 1 is 1.50 bits per heavy atom. The summed E-state index contributed by atoms with van der Waals surface area (Å²) in [7, 11) is 3.28. The predicted octanol–water partition coefficient (Wildman–Crippen LogP) is 0.159. The molecule has 1 amide bonds. The zero-order valence-corrected chi connectivity index (χ0v) is 10.2. The van der Waals surface area contributed by atoms with Crippen molar-refractivity contribution in [1.82, 2.24) is 16.0 Å². The van der Waals surface area contributed by atoms with E-state index in [0.717, 1.165) is 0 Å². The average Bonchev–Trinajstić information content (AvgIpc) is 2.81. The van der Waals surface area contributed by atoms with Crippen molar-refractivity contribution < 1.29 is 4.79 Å². The molecular formula is C10H16N4OS. The molecule has 0 spiro atoms. The van der Waals surface area contributed by atoms with E-state index in [-0.39, 0.29) is 12.5 Å². The number of likely N-dealkylation sites (N-methyl/N-ethyl adjacent to an activating group) is 1. The molecule has 5 nitrogen and oxygen atoms in total. The van der Waals surface area contributed by atoms with Crippen molar-refractivity contribution in [2.24, 2.45) is 4.99 Å². The van der Waals surface area contributed by atoms with Gasteiger partial charge < -0.3 is 16.0 Å². The number of thiophene rings is 1. The van der Waals surface area contributed by atoms with Crippen LogP contribution in [-0.4, -0.2) is 32.5 Å². The van der Waals surface area contributed by atoms with E-state index in [1.165, 1.54) is 4.88 Å². The average molecular weight is 240 g/mol. The van der Waals surface area contributed by atoms with Crippen molar-refractivity contribution in [3.05, 3.63) is 22.4 Å². The van der Waals surface area contributed by atoms with Crippen LogP contribution in [0.4, 0.5) is 0 Å². The maximum atomic E-state index is 11.0. The van der Waals surface area contributed by atoms with Crippen LogP contribution in [0.25, 0.3) is 0 Å². The third-order valence-corrected chi connectivity index (χ3v) is 2.81. The minimum Gasteiger partial charge on any atom is -0.358 e. The van der Waals surface area contributed by atoms with Gasteiger partial charge in [0.2, 0.25) is 5.91 Å². The van der Waals surface area contributed by atoms with Crippen LogP contribution in [0.15, 0.2) is 22.5 Å². The van der Waals surface area contributed by atoms with Crippen LogP contribution in [0.5, 0.6) is 0 Å². The Hall–Kier alpha value is -1.56. The number of nitrogens with zero attached hydrogens (tertiary/aromatic N) is 1. The predicted molar refractivity (Wildman–Crippen MR) is 66.6 cm³/mol. The zero-order valence-electron chi connectivity index (χ0n) is 9.41. The molecule has 0 bridgehead atoms. The Labute approximate surface area is 99.0 Å². The SMILES string of the molecule is CN=C(NCC(=O)NC)NCc1cccs1. The maximum Gasteiger partial charge on any atom is 0.239 e. The molecule has 1 aromatic heterocycles. The molecule has 16 heavy (non-hydrogen) atoms. The quantitative estimate of drug-likeness (QED) is 0.519. The van der Waals surface area contributed by atoms with Crippen LogP contribution in [0.2, 0.25) is 0 Å². The summed E-state index contributed by atoms with van der Waals surface area (Å²) in [4.78, 5) is 16.2. The third kappa shape index (κ3) is 4.31. The largest absolute Gasteiger partial charge is 0.358 e. The number of carbonyl (C=O) groups is 1. The van der Waals surface area contributed by atoms with Gasteiger partial charge in [0.05, 0.1) is 13.1 Å². The zero-order chi connectivity index (χ0) is 11.8. The summed E-state index contributed by atoms with van der Waals surface area (Å²) in [6.07, 6.45) is 0. The summed E-state index contributed by atoms with van der Waals surface area (Å²) in [6, 6.07) is 4.05. The lowest BCUT2D eigenvalue weighted by Gasteiger charge is -2.10. The van der Waals surface area contributed by atoms with Crippen LogP contribution in [0.3, 0.4) is 0 Å². The normalized spacial score (nSPS) is 11.0. The van der Waals surface area contributed by atoms with Gasteiger partial charge in [-0.25, -0.2) is 0 Å². The topological polar surface area (TPSA) is 65.5 Å². The number of nitrogens with one attached hydrogen (secondary N) is 3. The summed E-state index contributed by atoms with van der Waals surface area (Å²) in [5.41, 5.74) is 0. The molecule has 0 aliphatic heterocycles. The number of rotatable bonds is 4. The second kappa shape index (κ2) is 6.84. The Balaban J connectivity index is 2.30. The van der Waals surface area contributed by atoms with E-state index in [2.05, 4.69) is 20.9 Å². The lowest BCUT2D eigenvalue weighted by Crippen LogP contribution is -2.42. The molecule has 1 rings (SSSR count). The highest BCUT2D eigenvalue weighted by Gasteiger charge is 2.01. The van der Waals surface area contributed by atoms with Crippen molar-refractivity contribution in [1.29, 1.82) is 0 Å². The van der Waals surface area contributed by atoms with Gasteiger partial charge >= 0.3 is 0 Å². The molecule has 0 atom stereocenters. The molecule has 0 saturated heterocycles. The van der Waals surface area contributed by atoms with Gasteiger partial charge in [0, 0.05) is 19.0 Å². The van der Waals surface area contributed by atoms with Crippen molar-refractivity contribution in [3.8, 4) is 0 Å². The fraction of sp³-hybridized carbons (Fsp3) is 0.400. The molecule has 0 aliphatic carbocycles. The molecule has 1 heterocycles. The fourth-order valence-electron chi connectivity index (χ4n) is 1.06.